The standard InChI is InChI=1S/C15H19BN2O2/c1-14(2)15(3,4)20-16(19-14)12-7-5-6-8-13(12)18-10-9-17-11-18/h5-11H,1-4H3. The van der Waals surface area contributed by atoms with Crippen LogP contribution in [0.25, 0.3) is 5.69 Å². The van der Waals surface area contributed by atoms with Gasteiger partial charge < -0.3 is 13.9 Å². The summed E-state index contributed by atoms with van der Waals surface area (Å²) in [6.07, 6.45) is 5.47. The molecule has 1 aromatic carbocycles. The van der Waals surface area contributed by atoms with Crippen LogP contribution < -0.4 is 5.46 Å². The Labute approximate surface area is 119 Å². The summed E-state index contributed by atoms with van der Waals surface area (Å²) in [6.45, 7) is 8.25. The van der Waals surface area contributed by atoms with Gasteiger partial charge in [0, 0.05) is 23.5 Å². The van der Waals surface area contributed by atoms with E-state index in [1.54, 1.807) is 12.5 Å². The molecule has 0 radical (unpaired) electrons. The Kier molecular flexibility index (Phi) is 2.99. The third-order valence-corrected chi connectivity index (χ3v) is 4.23. The number of hydrogen-bond acceptors (Lipinski definition) is 3. The summed E-state index contributed by atoms with van der Waals surface area (Å²) >= 11 is 0. The van der Waals surface area contributed by atoms with E-state index in [0.29, 0.717) is 0 Å². The highest BCUT2D eigenvalue weighted by atomic mass is 16.7. The van der Waals surface area contributed by atoms with Crippen molar-refractivity contribution in [3.05, 3.63) is 43.0 Å². The molecule has 0 unspecified atom stereocenters. The van der Waals surface area contributed by atoms with Crippen LogP contribution in [0.3, 0.4) is 0 Å². The summed E-state index contributed by atoms with van der Waals surface area (Å²) in [5.74, 6) is 0. The molecule has 0 saturated carbocycles. The van der Waals surface area contributed by atoms with Gasteiger partial charge in [0.2, 0.25) is 0 Å². The van der Waals surface area contributed by atoms with Gasteiger partial charge in [-0.05, 0) is 33.8 Å². The second-order valence-electron chi connectivity index (χ2n) is 6.12. The lowest BCUT2D eigenvalue weighted by Crippen LogP contribution is -2.41. The molecule has 0 spiro atoms. The molecule has 0 atom stereocenters. The van der Waals surface area contributed by atoms with E-state index in [1.807, 2.05) is 35.0 Å². The second kappa shape index (κ2) is 4.47. The van der Waals surface area contributed by atoms with Crippen LogP contribution in [0.1, 0.15) is 27.7 Å². The average molecular weight is 270 g/mol. The van der Waals surface area contributed by atoms with Crippen LogP contribution in [0, 0.1) is 0 Å². The molecule has 4 nitrogen and oxygen atoms in total. The Balaban J connectivity index is 2.01. The van der Waals surface area contributed by atoms with Gasteiger partial charge in [-0.25, -0.2) is 4.98 Å². The van der Waals surface area contributed by atoms with Crippen LogP contribution in [0.15, 0.2) is 43.0 Å². The summed E-state index contributed by atoms with van der Waals surface area (Å²) < 4.78 is 14.2. The first-order valence-electron chi connectivity index (χ1n) is 6.84. The normalized spacial score (nSPS) is 20.3. The van der Waals surface area contributed by atoms with Crippen molar-refractivity contribution < 1.29 is 9.31 Å². The predicted molar refractivity (Wildman–Crippen MR) is 79.3 cm³/mol. The van der Waals surface area contributed by atoms with Crippen LogP contribution in [0.2, 0.25) is 0 Å². The molecule has 3 rings (SSSR count). The Morgan fingerprint density at radius 1 is 1.05 bits per heavy atom. The Morgan fingerprint density at radius 2 is 1.70 bits per heavy atom. The Morgan fingerprint density at radius 3 is 2.30 bits per heavy atom. The van der Waals surface area contributed by atoms with Gasteiger partial charge in [-0.15, -0.1) is 0 Å². The zero-order valence-corrected chi connectivity index (χ0v) is 12.3. The zero-order chi connectivity index (χ0) is 14.4. The summed E-state index contributed by atoms with van der Waals surface area (Å²) in [5.41, 5.74) is 1.38. The molecule has 1 aromatic heterocycles. The van der Waals surface area contributed by atoms with Gasteiger partial charge in [0.1, 0.15) is 0 Å². The molecular formula is C15H19BN2O2. The van der Waals surface area contributed by atoms with E-state index < -0.39 is 0 Å². The monoisotopic (exact) mass is 270 g/mol. The van der Waals surface area contributed by atoms with E-state index in [4.69, 9.17) is 9.31 Å². The number of benzene rings is 1. The lowest BCUT2D eigenvalue weighted by atomic mass is 9.78. The van der Waals surface area contributed by atoms with E-state index in [9.17, 15) is 0 Å². The molecule has 2 aromatic rings. The van der Waals surface area contributed by atoms with E-state index in [1.165, 1.54) is 0 Å². The van der Waals surface area contributed by atoms with Gasteiger partial charge in [-0.2, -0.15) is 0 Å². The molecule has 2 heterocycles. The smallest absolute Gasteiger partial charge is 0.399 e. The zero-order valence-electron chi connectivity index (χ0n) is 12.3. The fraction of sp³-hybridized carbons (Fsp3) is 0.400. The minimum Gasteiger partial charge on any atom is -0.399 e. The minimum absolute atomic E-state index is 0.334. The fourth-order valence-corrected chi connectivity index (χ4v) is 2.29. The Bertz CT molecular complexity index is 592. The fourth-order valence-electron chi connectivity index (χ4n) is 2.29. The lowest BCUT2D eigenvalue weighted by molar-refractivity contribution is 0.00578. The number of rotatable bonds is 2. The van der Waals surface area contributed by atoms with Crippen molar-refractivity contribution in [2.45, 2.75) is 38.9 Å². The summed E-state index contributed by atoms with van der Waals surface area (Å²) in [7, 11) is -0.362. The molecule has 1 aliphatic heterocycles. The first-order valence-corrected chi connectivity index (χ1v) is 6.84. The van der Waals surface area contributed by atoms with Crippen molar-refractivity contribution in [3.8, 4) is 5.69 Å². The highest BCUT2D eigenvalue weighted by molar-refractivity contribution is 6.63. The summed E-state index contributed by atoms with van der Waals surface area (Å²) in [6, 6.07) is 8.09. The SMILES string of the molecule is CC1(C)OB(c2ccccc2-n2ccnc2)OC1(C)C. The largest absolute Gasteiger partial charge is 0.496 e. The Hall–Kier alpha value is -1.59. The van der Waals surface area contributed by atoms with Gasteiger partial charge in [0.25, 0.3) is 0 Å². The van der Waals surface area contributed by atoms with Gasteiger partial charge in [0.15, 0.2) is 0 Å². The van der Waals surface area contributed by atoms with E-state index in [-0.39, 0.29) is 18.3 Å². The second-order valence-corrected chi connectivity index (χ2v) is 6.12. The van der Waals surface area contributed by atoms with Gasteiger partial charge in [0.05, 0.1) is 17.5 Å². The lowest BCUT2D eigenvalue weighted by Gasteiger charge is -2.32. The number of imidazole rings is 1. The molecule has 0 N–H and O–H groups in total. The maximum absolute atomic E-state index is 6.13. The van der Waals surface area contributed by atoms with Crippen molar-refractivity contribution >= 4 is 12.6 Å². The van der Waals surface area contributed by atoms with Crippen LogP contribution in [0.5, 0.6) is 0 Å². The minimum atomic E-state index is -0.362. The number of aromatic nitrogens is 2. The predicted octanol–water partition coefficient (Wildman–Crippen LogP) is 2.17. The highest BCUT2D eigenvalue weighted by Gasteiger charge is 2.52. The number of hydrogen-bond donors (Lipinski definition) is 0. The molecule has 0 amide bonds. The molecule has 1 saturated heterocycles. The first kappa shape index (κ1) is 13.4. The maximum Gasteiger partial charge on any atom is 0.496 e. The van der Waals surface area contributed by atoms with Crippen molar-refractivity contribution in [1.82, 2.24) is 9.55 Å². The molecule has 0 bridgehead atoms. The molecule has 104 valence electrons. The van der Waals surface area contributed by atoms with Crippen molar-refractivity contribution in [3.63, 3.8) is 0 Å². The third-order valence-electron chi connectivity index (χ3n) is 4.23. The molecule has 1 fully saturated rings. The third kappa shape index (κ3) is 2.07. The van der Waals surface area contributed by atoms with Crippen molar-refractivity contribution in [2.24, 2.45) is 0 Å². The van der Waals surface area contributed by atoms with Crippen LogP contribution in [-0.2, 0) is 9.31 Å². The quantitative estimate of drug-likeness (QED) is 0.785. The van der Waals surface area contributed by atoms with Gasteiger partial charge >= 0.3 is 7.12 Å². The maximum atomic E-state index is 6.13. The molecule has 1 aliphatic rings. The van der Waals surface area contributed by atoms with Crippen LogP contribution >= 0.6 is 0 Å². The molecule has 20 heavy (non-hydrogen) atoms. The van der Waals surface area contributed by atoms with Crippen molar-refractivity contribution in [1.29, 1.82) is 0 Å². The average Bonchev–Trinajstić information content (AvgIpc) is 2.97. The first-order chi connectivity index (χ1) is 9.41. The number of nitrogens with zero attached hydrogens (tertiary/aromatic N) is 2. The van der Waals surface area contributed by atoms with E-state index in [0.717, 1.165) is 11.2 Å². The molecular weight excluding hydrogens is 251 g/mol. The van der Waals surface area contributed by atoms with Crippen molar-refractivity contribution in [2.75, 3.05) is 0 Å². The highest BCUT2D eigenvalue weighted by Crippen LogP contribution is 2.36. The van der Waals surface area contributed by atoms with E-state index >= 15 is 0 Å². The summed E-state index contributed by atoms with van der Waals surface area (Å²) in [5, 5.41) is 0. The van der Waals surface area contributed by atoms with Gasteiger partial charge in [-0.3, -0.25) is 0 Å². The summed E-state index contributed by atoms with van der Waals surface area (Å²) in [4.78, 5) is 4.10. The van der Waals surface area contributed by atoms with Crippen LogP contribution in [-0.4, -0.2) is 27.9 Å². The van der Waals surface area contributed by atoms with E-state index in [2.05, 4.69) is 32.7 Å². The van der Waals surface area contributed by atoms with Crippen LogP contribution in [0.4, 0.5) is 0 Å². The topological polar surface area (TPSA) is 36.3 Å². The number of para-hydroxylation sites is 1. The molecule has 5 heteroatoms. The van der Waals surface area contributed by atoms with Gasteiger partial charge in [-0.1, -0.05) is 18.2 Å². The molecule has 0 aliphatic carbocycles.